The third-order valence-corrected chi connectivity index (χ3v) is 3.44. The summed E-state index contributed by atoms with van der Waals surface area (Å²) in [6.45, 7) is 3.67. The van der Waals surface area contributed by atoms with Crippen molar-refractivity contribution >= 4 is 11.0 Å². The molecule has 0 radical (unpaired) electrons. The van der Waals surface area contributed by atoms with Crippen molar-refractivity contribution in [1.29, 1.82) is 0 Å². The number of benzene rings is 2. The molecule has 0 aliphatic rings. The summed E-state index contributed by atoms with van der Waals surface area (Å²) in [4.78, 5) is 12.4. The maximum atomic E-state index is 12.4. The van der Waals surface area contributed by atoms with Gasteiger partial charge in [0, 0.05) is 5.56 Å². The van der Waals surface area contributed by atoms with E-state index < -0.39 is 11.2 Å². The largest absolute Gasteiger partial charge is 0.508 e. The highest BCUT2D eigenvalue weighted by Gasteiger charge is 2.15. The Hall–Kier alpha value is -3.01. The molecule has 0 bridgehead atoms. The summed E-state index contributed by atoms with van der Waals surface area (Å²) < 4.78 is 5.67. The molecule has 0 aliphatic carbocycles. The number of aromatic hydroxyl groups is 2. The molecular weight excluding hydrogens is 280 g/mol. The Bertz CT molecular complexity index is 905. The van der Waals surface area contributed by atoms with Crippen molar-refractivity contribution in [1.82, 2.24) is 0 Å². The first-order valence-electron chi connectivity index (χ1n) is 6.79. The number of phenols is 1. The van der Waals surface area contributed by atoms with Crippen molar-refractivity contribution in [2.24, 2.45) is 0 Å². The first kappa shape index (κ1) is 13.9. The normalized spacial score (nSPS) is 10.7. The SMILES string of the molecule is C=CCc1ccc2oc(-c3ccc(O)cc3)c(O)c(=O)c2c1. The first-order valence-corrected chi connectivity index (χ1v) is 6.79. The van der Waals surface area contributed by atoms with Gasteiger partial charge >= 0.3 is 0 Å². The van der Waals surface area contributed by atoms with Crippen molar-refractivity contribution in [3.05, 3.63) is 70.9 Å². The molecule has 3 aromatic rings. The van der Waals surface area contributed by atoms with Crippen LogP contribution >= 0.6 is 0 Å². The topological polar surface area (TPSA) is 70.7 Å². The quantitative estimate of drug-likeness (QED) is 0.724. The fourth-order valence-corrected chi connectivity index (χ4v) is 2.33. The van der Waals surface area contributed by atoms with Gasteiger partial charge < -0.3 is 14.6 Å². The summed E-state index contributed by atoms with van der Waals surface area (Å²) in [6.07, 6.45) is 2.38. The number of fused-ring (bicyclic) bond motifs is 1. The lowest BCUT2D eigenvalue weighted by molar-refractivity contribution is 0.449. The summed E-state index contributed by atoms with van der Waals surface area (Å²) in [7, 11) is 0. The average Bonchev–Trinajstić information content (AvgIpc) is 2.52. The second kappa shape index (κ2) is 5.41. The van der Waals surface area contributed by atoms with Gasteiger partial charge in [0.25, 0.3) is 0 Å². The van der Waals surface area contributed by atoms with Gasteiger partial charge in [0.1, 0.15) is 11.3 Å². The summed E-state index contributed by atoms with van der Waals surface area (Å²) in [5.41, 5.74) is 1.37. The van der Waals surface area contributed by atoms with E-state index in [0.29, 0.717) is 23.0 Å². The van der Waals surface area contributed by atoms with Gasteiger partial charge in [0.2, 0.25) is 11.2 Å². The summed E-state index contributed by atoms with van der Waals surface area (Å²) >= 11 is 0. The van der Waals surface area contributed by atoms with E-state index in [9.17, 15) is 15.0 Å². The Morgan fingerprint density at radius 2 is 1.82 bits per heavy atom. The fraction of sp³-hybridized carbons (Fsp3) is 0.0556. The number of hydrogen-bond donors (Lipinski definition) is 2. The molecule has 0 fully saturated rings. The van der Waals surface area contributed by atoms with E-state index in [-0.39, 0.29) is 11.5 Å². The smallest absolute Gasteiger partial charge is 0.235 e. The average molecular weight is 294 g/mol. The number of rotatable bonds is 3. The van der Waals surface area contributed by atoms with Gasteiger partial charge in [-0.05, 0) is 48.4 Å². The second-order valence-corrected chi connectivity index (χ2v) is 4.98. The van der Waals surface area contributed by atoms with Crippen LogP contribution in [-0.4, -0.2) is 10.2 Å². The van der Waals surface area contributed by atoms with Gasteiger partial charge in [-0.25, -0.2) is 0 Å². The summed E-state index contributed by atoms with van der Waals surface area (Å²) in [5, 5.41) is 19.8. The van der Waals surface area contributed by atoms with Gasteiger partial charge in [0.15, 0.2) is 5.76 Å². The monoisotopic (exact) mass is 294 g/mol. The van der Waals surface area contributed by atoms with Crippen molar-refractivity contribution in [2.45, 2.75) is 6.42 Å². The third kappa shape index (κ3) is 2.35. The molecule has 0 amide bonds. The van der Waals surface area contributed by atoms with Crippen LogP contribution in [0.4, 0.5) is 0 Å². The van der Waals surface area contributed by atoms with E-state index in [1.54, 1.807) is 30.3 Å². The Morgan fingerprint density at radius 3 is 2.50 bits per heavy atom. The lowest BCUT2D eigenvalue weighted by atomic mass is 10.1. The second-order valence-electron chi connectivity index (χ2n) is 4.98. The van der Waals surface area contributed by atoms with E-state index in [0.717, 1.165) is 5.56 Å². The predicted molar refractivity (Wildman–Crippen MR) is 85.2 cm³/mol. The Morgan fingerprint density at radius 1 is 1.09 bits per heavy atom. The lowest BCUT2D eigenvalue weighted by Gasteiger charge is -2.07. The minimum absolute atomic E-state index is 0.0916. The van der Waals surface area contributed by atoms with E-state index in [1.165, 1.54) is 12.1 Å². The predicted octanol–water partition coefficient (Wildman–Crippen LogP) is 3.60. The Labute approximate surface area is 126 Å². The van der Waals surface area contributed by atoms with E-state index in [2.05, 4.69) is 6.58 Å². The molecular formula is C18H14O4. The number of allylic oxidation sites excluding steroid dienone is 1. The van der Waals surface area contributed by atoms with Crippen LogP contribution in [0.25, 0.3) is 22.3 Å². The van der Waals surface area contributed by atoms with Crippen LogP contribution in [0.1, 0.15) is 5.56 Å². The summed E-state index contributed by atoms with van der Waals surface area (Å²) in [6, 6.07) is 11.3. The van der Waals surface area contributed by atoms with Crippen LogP contribution in [0.3, 0.4) is 0 Å². The van der Waals surface area contributed by atoms with Crippen molar-refractivity contribution in [2.75, 3.05) is 0 Å². The standard InChI is InChI=1S/C18H14O4/c1-2-3-11-4-9-15-14(10-11)16(20)17(21)18(22-15)12-5-7-13(19)8-6-12/h2,4-10,19,21H,1,3H2. The minimum Gasteiger partial charge on any atom is -0.508 e. The molecule has 0 aliphatic heterocycles. The van der Waals surface area contributed by atoms with Crippen molar-refractivity contribution in [3.8, 4) is 22.8 Å². The molecule has 1 heterocycles. The maximum absolute atomic E-state index is 12.4. The molecule has 0 unspecified atom stereocenters. The van der Waals surface area contributed by atoms with Gasteiger partial charge in [0.05, 0.1) is 5.39 Å². The highest BCUT2D eigenvalue weighted by atomic mass is 16.4. The van der Waals surface area contributed by atoms with Crippen LogP contribution in [0.15, 0.2) is 64.3 Å². The highest BCUT2D eigenvalue weighted by Crippen LogP contribution is 2.31. The molecule has 0 saturated carbocycles. The molecule has 1 aromatic heterocycles. The zero-order valence-corrected chi connectivity index (χ0v) is 11.7. The van der Waals surface area contributed by atoms with Crippen LogP contribution < -0.4 is 5.43 Å². The first-order chi connectivity index (χ1) is 10.6. The molecule has 0 spiro atoms. The van der Waals surface area contributed by atoms with E-state index >= 15 is 0 Å². The fourth-order valence-electron chi connectivity index (χ4n) is 2.33. The molecule has 4 heteroatoms. The molecule has 2 N–H and O–H groups in total. The third-order valence-electron chi connectivity index (χ3n) is 3.44. The lowest BCUT2D eigenvalue weighted by Crippen LogP contribution is -2.03. The maximum Gasteiger partial charge on any atom is 0.235 e. The number of hydrogen-bond acceptors (Lipinski definition) is 4. The van der Waals surface area contributed by atoms with Crippen LogP contribution in [-0.2, 0) is 6.42 Å². The van der Waals surface area contributed by atoms with Gasteiger partial charge in [-0.15, -0.1) is 6.58 Å². The van der Waals surface area contributed by atoms with E-state index in [1.807, 2.05) is 6.07 Å². The Balaban J connectivity index is 2.23. The van der Waals surface area contributed by atoms with Gasteiger partial charge in [-0.1, -0.05) is 12.1 Å². The van der Waals surface area contributed by atoms with Crippen LogP contribution in [0.5, 0.6) is 11.5 Å². The molecule has 0 saturated heterocycles. The van der Waals surface area contributed by atoms with Crippen LogP contribution in [0.2, 0.25) is 0 Å². The molecule has 3 rings (SSSR count). The van der Waals surface area contributed by atoms with E-state index in [4.69, 9.17) is 4.42 Å². The Kier molecular flexibility index (Phi) is 3.43. The summed E-state index contributed by atoms with van der Waals surface area (Å²) in [5.74, 6) is -0.247. The zero-order valence-electron chi connectivity index (χ0n) is 11.7. The van der Waals surface area contributed by atoms with Gasteiger partial charge in [-0.2, -0.15) is 0 Å². The zero-order chi connectivity index (χ0) is 15.7. The van der Waals surface area contributed by atoms with Gasteiger partial charge in [-0.3, -0.25) is 4.79 Å². The molecule has 2 aromatic carbocycles. The highest BCUT2D eigenvalue weighted by molar-refractivity contribution is 5.82. The molecule has 110 valence electrons. The number of phenolic OH excluding ortho intramolecular Hbond substituents is 1. The molecule has 4 nitrogen and oxygen atoms in total. The molecule has 22 heavy (non-hydrogen) atoms. The van der Waals surface area contributed by atoms with Crippen molar-refractivity contribution in [3.63, 3.8) is 0 Å². The minimum atomic E-state index is -0.477. The molecule has 0 atom stereocenters. The van der Waals surface area contributed by atoms with Crippen molar-refractivity contribution < 1.29 is 14.6 Å². The van der Waals surface area contributed by atoms with Crippen LogP contribution in [0, 0.1) is 0 Å².